The van der Waals surface area contributed by atoms with Gasteiger partial charge in [0.15, 0.2) is 0 Å². The number of carbonyl (C=O) groups excluding carboxylic acids is 2. The van der Waals surface area contributed by atoms with Crippen molar-refractivity contribution in [3.63, 3.8) is 0 Å². The minimum atomic E-state index is -0.605. The van der Waals surface area contributed by atoms with Crippen LogP contribution in [0.3, 0.4) is 0 Å². The van der Waals surface area contributed by atoms with Crippen LogP contribution in [0.4, 0.5) is 15.8 Å². The number of carbonyl (C=O) groups is 2. The van der Waals surface area contributed by atoms with Gasteiger partial charge in [-0.3, -0.25) is 9.59 Å². The van der Waals surface area contributed by atoms with Gasteiger partial charge in [-0.2, -0.15) is 5.26 Å². The highest BCUT2D eigenvalue weighted by molar-refractivity contribution is 6.31. The number of imidazole rings is 1. The van der Waals surface area contributed by atoms with Crippen LogP contribution in [0.1, 0.15) is 42.0 Å². The molecule has 1 aromatic heterocycles. The average molecular weight is 548 g/mol. The third-order valence-corrected chi connectivity index (χ3v) is 6.45. The summed E-state index contributed by atoms with van der Waals surface area (Å²) in [6.45, 7) is 5.10. The Bertz CT molecular complexity index is 1550. The second-order valence-electron chi connectivity index (χ2n) is 8.63. The van der Waals surface area contributed by atoms with Gasteiger partial charge in [-0.15, -0.1) is 0 Å². The van der Waals surface area contributed by atoms with Crippen molar-refractivity contribution >= 4 is 45.9 Å². The first kappa shape index (κ1) is 27.6. The summed E-state index contributed by atoms with van der Waals surface area (Å²) in [7, 11) is 0. The van der Waals surface area contributed by atoms with Crippen molar-refractivity contribution in [1.29, 1.82) is 5.26 Å². The highest BCUT2D eigenvalue weighted by Crippen LogP contribution is 2.26. The topological polar surface area (TPSA) is 100 Å². The van der Waals surface area contributed by atoms with E-state index in [1.165, 1.54) is 23.1 Å². The van der Waals surface area contributed by atoms with E-state index in [4.69, 9.17) is 26.6 Å². The molecule has 4 aromatic rings. The van der Waals surface area contributed by atoms with Gasteiger partial charge in [-0.1, -0.05) is 11.6 Å². The van der Waals surface area contributed by atoms with E-state index in [2.05, 4.69) is 16.0 Å². The van der Waals surface area contributed by atoms with E-state index in [-0.39, 0.29) is 30.5 Å². The first-order valence-corrected chi connectivity index (χ1v) is 12.9. The van der Waals surface area contributed by atoms with Crippen molar-refractivity contribution < 1.29 is 18.7 Å². The van der Waals surface area contributed by atoms with Crippen molar-refractivity contribution in [2.24, 2.45) is 0 Å². The van der Waals surface area contributed by atoms with Crippen LogP contribution in [0.15, 0.2) is 60.7 Å². The molecule has 0 saturated heterocycles. The van der Waals surface area contributed by atoms with Crippen LogP contribution in [-0.2, 0) is 22.6 Å². The number of hydrogen-bond donors (Lipinski definition) is 1. The summed E-state index contributed by atoms with van der Waals surface area (Å²) in [5.41, 5.74) is 3.67. The number of aromatic nitrogens is 2. The number of esters is 1. The van der Waals surface area contributed by atoms with Crippen molar-refractivity contribution in [1.82, 2.24) is 9.55 Å². The average Bonchev–Trinajstić information content (AvgIpc) is 3.30. The fourth-order valence-electron chi connectivity index (χ4n) is 4.24. The van der Waals surface area contributed by atoms with Gasteiger partial charge in [-0.05, 0) is 74.5 Å². The Kier molecular flexibility index (Phi) is 8.79. The lowest BCUT2D eigenvalue weighted by atomic mass is 10.1. The lowest BCUT2D eigenvalue weighted by Crippen LogP contribution is -2.33. The standard InChI is InChI=1S/C29H27ClFN5O3/c1-3-35-26-12-7-20(15-25(26)34-27(35)18-33-21-8-5-19(17-32)6-9-21)29(38)36(14-13-28(37)39-4-2)22-10-11-24(31)23(30)16-22/h5-12,15-16,33H,3-4,13-14,18H2,1-2H3. The summed E-state index contributed by atoms with van der Waals surface area (Å²) in [5.74, 6) is -0.648. The summed E-state index contributed by atoms with van der Waals surface area (Å²) < 4.78 is 20.9. The fraction of sp³-hybridized carbons (Fsp3) is 0.241. The maximum Gasteiger partial charge on any atom is 0.307 e. The Labute approximate surface area is 230 Å². The number of nitrogens with zero attached hydrogens (tertiary/aromatic N) is 4. The molecule has 10 heteroatoms. The molecule has 39 heavy (non-hydrogen) atoms. The molecule has 1 N–H and O–H groups in total. The minimum absolute atomic E-state index is 0.0286. The molecule has 4 rings (SSSR count). The molecule has 0 spiro atoms. The largest absolute Gasteiger partial charge is 0.466 e. The molecule has 1 heterocycles. The lowest BCUT2D eigenvalue weighted by molar-refractivity contribution is -0.142. The van der Waals surface area contributed by atoms with E-state index in [0.717, 1.165) is 17.0 Å². The van der Waals surface area contributed by atoms with E-state index >= 15 is 0 Å². The number of amides is 1. The molecule has 0 radical (unpaired) electrons. The predicted octanol–water partition coefficient (Wildman–Crippen LogP) is 5.93. The Balaban J connectivity index is 1.61. The van der Waals surface area contributed by atoms with Gasteiger partial charge >= 0.3 is 5.97 Å². The number of nitrogens with one attached hydrogen (secondary N) is 1. The lowest BCUT2D eigenvalue weighted by Gasteiger charge is -2.23. The van der Waals surface area contributed by atoms with Gasteiger partial charge in [0.1, 0.15) is 11.6 Å². The molecular weight excluding hydrogens is 521 g/mol. The Morgan fingerprint density at radius 3 is 2.56 bits per heavy atom. The van der Waals surface area contributed by atoms with Crippen LogP contribution in [0.25, 0.3) is 11.0 Å². The van der Waals surface area contributed by atoms with E-state index in [9.17, 15) is 14.0 Å². The molecule has 0 aliphatic heterocycles. The molecule has 200 valence electrons. The highest BCUT2D eigenvalue weighted by atomic mass is 35.5. The minimum Gasteiger partial charge on any atom is -0.466 e. The number of rotatable bonds is 10. The third kappa shape index (κ3) is 6.36. The fourth-order valence-corrected chi connectivity index (χ4v) is 4.41. The second-order valence-corrected chi connectivity index (χ2v) is 9.04. The number of hydrogen-bond acceptors (Lipinski definition) is 6. The van der Waals surface area contributed by atoms with Gasteiger partial charge < -0.3 is 19.5 Å². The molecule has 0 bridgehead atoms. The Morgan fingerprint density at radius 1 is 1.13 bits per heavy atom. The zero-order valence-corrected chi connectivity index (χ0v) is 22.3. The number of ether oxygens (including phenoxy) is 1. The first-order chi connectivity index (χ1) is 18.8. The first-order valence-electron chi connectivity index (χ1n) is 12.5. The van der Waals surface area contributed by atoms with Crippen LogP contribution >= 0.6 is 11.6 Å². The van der Waals surface area contributed by atoms with Gasteiger partial charge in [0, 0.05) is 30.0 Å². The van der Waals surface area contributed by atoms with Gasteiger partial charge in [0.05, 0.1) is 47.3 Å². The maximum atomic E-state index is 13.8. The van der Waals surface area contributed by atoms with Crippen molar-refractivity contribution in [2.45, 2.75) is 33.4 Å². The maximum absolute atomic E-state index is 13.8. The predicted molar refractivity (Wildman–Crippen MR) is 148 cm³/mol. The molecular formula is C29H27ClFN5O3. The third-order valence-electron chi connectivity index (χ3n) is 6.16. The van der Waals surface area contributed by atoms with Crippen LogP contribution in [0.5, 0.6) is 0 Å². The quantitative estimate of drug-likeness (QED) is 0.247. The van der Waals surface area contributed by atoms with Gasteiger partial charge in [0.2, 0.25) is 0 Å². The molecule has 0 saturated carbocycles. The van der Waals surface area contributed by atoms with Crippen LogP contribution in [0, 0.1) is 17.1 Å². The monoisotopic (exact) mass is 547 g/mol. The molecule has 0 aliphatic carbocycles. The number of aryl methyl sites for hydroxylation is 1. The van der Waals surface area contributed by atoms with Gasteiger partial charge in [0.25, 0.3) is 5.91 Å². The van der Waals surface area contributed by atoms with Crippen LogP contribution < -0.4 is 10.2 Å². The number of halogens is 2. The second kappa shape index (κ2) is 12.4. The van der Waals surface area contributed by atoms with Crippen molar-refractivity contribution in [2.75, 3.05) is 23.4 Å². The molecule has 3 aromatic carbocycles. The van der Waals surface area contributed by atoms with Crippen LogP contribution in [0.2, 0.25) is 5.02 Å². The normalized spacial score (nSPS) is 10.7. The molecule has 1 amide bonds. The number of nitriles is 1. The van der Waals surface area contributed by atoms with E-state index in [1.807, 2.05) is 25.1 Å². The number of fused-ring (bicyclic) bond motifs is 1. The molecule has 0 fully saturated rings. The summed E-state index contributed by atoms with van der Waals surface area (Å²) in [4.78, 5) is 31.8. The summed E-state index contributed by atoms with van der Waals surface area (Å²) >= 11 is 5.99. The summed E-state index contributed by atoms with van der Waals surface area (Å²) in [6, 6.07) is 18.5. The molecule has 0 unspecified atom stereocenters. The number of benzene rings is 3. The van der Waals surface area contributed by atoms with Gasteiger partial charge in [-0.25, -0.2) is 9.37 Å². The molecule has 0 atom stereocenters. The Hall–Kier alpha value is -4.42. The zero-order chi connectivity index (χ0) is 27.9. The zero-order valence-electron chi connectivity index (χ0n) is 21.6. The summed E-state index contributed by atoms with van der Waals surface area (Å²) in [6.07, 6.45) is -0.0353. The highest BCUT2D eigenvalue weighted by Gasteiger charge is 2.22. The number of anilines is 2. The van der Waals surface area contributed by atoms with E-state index in [1.54, 1.807) is 31.2 Å². The Morgan fingerprint density at radius 2 is 1.90 bits per heavy atom. The summed E-state index contributed by atoms with van der Waals surface area (Å²) in [5, 5.41) is 12.2. The SMILES string of the molecule is CCOC(=O)CCN(C(=O)c1ccc2c(c1)nc(CNc1ccc(C#N)cc1)n2CC)c1ccc(F)c(Cl)c1. The molecule has 8 nitrogen and oxygen atoms in total. The van der Waals surface area contributed by atoms with Crippen molar-refractivity contribution in [3.8, 4) is 6.07 Å². The van der Waals surface area contributed by atoms with Crippen LogP contribution in [-0.4, -0.2) is 34.6 Å². The van der Waals surface area contributed by atoms with E-state index < -0.39 is 11.8 Å². The smallest absolute Gasteiger partial charge is 0.307 e. The van der Waals surface area contributed by atoms with E-state index in [0.29, 0.717) is 35.4 Å². The molecule has 0 aliphatic rings. The van der Waals surface area contributed by atoms with Crippen molar-refractivity contribution in [3.05, 3.63) is 88.5 Å².